The molecule has 6 heteroatoms. The summed E-state index contributed by atoms with van der Waals surface area (Å²) in [6.07, 6.45) is 11.5. The van der Waals surface area contributed by atoms with Gasteiger partial charge in [-0.15, -0.1) is 24.0 Å². The SMILES string of the molecule is CCS(=O)C1CCCC(NC(=NC)NCC2(C3CC3)CCC2)C1.I. The minimum absolute atomic E-state index is 0. The monoisotopic (exact) mass is 467 g/mol. The lowest BCUT2D eigenvalue weighted by Crippen LogP contribution is -2.51. The highest BCUT2D eigenvalue weighted by Crippen LogP contribution is 2.56. The Balaban J connectivity index is 0.00000208. The highest BCUT2D eigenvalue weighted by molar-refractivity contribution is 14.0. The third kappa shape index (κ3) is 4.86. The molecule has 0 aromatic rings. The summed E-state index contributed by atoms with van der Waals surface area (Å²) in [6.45, 7) is 3.11. The van der Waals surface area contributed by atoms with Gasteiger partial charge >= 0.3 is 0 Å². The second-order valence-corrected chi connectivity index (χ2v) is 9.72. The Morgan fingerprint density at radius 1 is 1.21 bits per heavy atom. The van der Waals surface area contributed by atoms with Gasteiger partial charge in [-0.25, -0.2) is 0 Å². The second-order valence-electron chi connectivity index (χ2n) is 7.72. The van der Waals surface area contributed by atoms with Crippen LogP contribution in [0, 0.1) is 11.3 Å². The normalized spacial score (nSPS) is 30.7. The number of guanidine groups is 1. The van der Waals surface area contributed by atoms with E-state index in [-0.39, 0.29) is 24.0 Å². The predicted octanol–water partition coefficient (Wildman–Crippen LogP) is 3.43. The molecule has 0 saturated heterocycles. The van der Waals surface area contributed by atoms with Crippen molar-refractivity contribution in [2.75, 3.05) is 19.3 Å². The van der Waals surface area contributed by atoms with Gasteiger partial charge in [-0.2, -0.15) is 0 Å². The molecule has 0 bridgehead atoms. The number of hydrogen-bond donors (Lipinski definition) is 2. The first-order valence-corrected chi connectivity index (χ1v) is 10.9. The minimum Gasteiger partial charge on any atom is -0.356 e. The van der Waals surface area contributed by atoms with Gasteiger partial charge in [0.25, 0.3) is 0 Å². The van der Waals surface area contributed by atoms with Crippen molar-refractivity contribution < 1.29 is 4.21 Å². The lowest BCUT2D eigenvalue weighted by molar-refractivity contribution is 0.105. The molecule has 0 heterocycles. The molecule has 2 N–H and O–H groups in total. The molecule has 24 heavy (non-hydrogen) atoms. The van der Waals surface area contributed by atoms with Crippen LogP contribution in [0.5, 0.6) is 0 Å². The molecular formula is C18H34IN3OS. The number of nitrogens with one attached hydrogen (secondary N) is 2. The molecule has 3 unspecified atom stereocenters. The average molecular weight is 467 g/mol. The summed E-state index contributed by atoms with van der Waals surface area (Å²) in [5, 5.41) is 7.57. The van der Waals surface area contributed by atoms with E-state index in [2.05, 4.69) is 15.6 Å². The summed E-state index contributed by atoms with van der Waals surface area (Å²) >= 11 is 0. The van der Waals surface area contributed by atoms with Crippen LogP contribution in [0.4, 0.5) is 0 Å². The zero-order valence-electron chi connectivity index (χ0n) is 15.2. The summed E-state index contributed by atoms with van der Waals surface area (Å²) in [5.74, 6) is 2.70. The van der Waals surface area contributed by atoms with Crippen molar-refractivity contribution in [2.24, 2.45) is 16.3 Å². The van der Waals surface area contributed by atoms with Gasteiger partial charge in [0, 0.05) is 41.4 Å². The van der Waals surface area contributed by atoms with Crippen molar-refractivity contribution in [3.05, 3.63) is 0 Å². The van der Waals surface area contributed by atoms with E-state index in [1.807, 2.05) is 14.0 Å². The number of aliphatic imine (C=N–C) groups is 1. The molecule has 3 rings (SSSR count). The first-order chi connectivity index (χ1) is 11.2. The van der Waals surface area contributed by atoms with E-state index >= 15 is 0 Å². The Labute approximate surface area is 166 Å². The van der Waals surface area contributed by atoms with Crippen molar-refractivity contribution in [1.29, 1.82) is 0 Å². The smallest absolute Gasteiger partial charge is 0.191 e. The van der Waals surface area contributed by atoms with Crippen molar-refractivity contribution in [3.8, 4) is 0 Å². The van der Waals surface area contributed by atoms with Crippen LogP contribution < -0.4 is 10.6 Å². The predicted molar refractivity (Wildman–Crippen MR) is 114 cm³/mol. The Morgan fingerprint density at radius 3 is 2.50 bits per heavy atom. The Hall–Kier alpha value is 0.150. The number of halogens is 1. The van der Waals surface area contributed by atoms with Crippen LogP contribution in [0.3, 0.4) is 0 Å². The van der Waals surface area contributed by atoms with Gasteiger partial charge < -0.3 is 10.6 Å². The summed E-state index contributed by atoms with van der Waals surface area (Å²) < 4.78 is 12.1. The fraction of sp³-hybridized carbons (Fsp3) is 0.944. The Bertz CT molecular complexity index is 463. The highest BCUT2D eigenvalue weighted by Gasteiger charge is 2.48. The minimum atomic E-state index is -0.659. The molecule has 0 spiro atoms. The van der Waals surface area contributed by atoms with Crippen LogP contribution in [0.1, 0.15) is 64.7 Å². The molecule has 3 fully saturated rings. The Kier molecular flexibility index (Phi) is 7.84. The zero-order chi connectivity index (χ0) is 16.3. The molecule has 3 aliphatic carbocycles. The van der Waals surface area contributed by atoms with E-state index in [0.29, 0.717) is 16.7 Å². The molecule has 0 aromatic carbocycles. The maximum Gasteiger partial charge on any atom is 0.191 e. The van der Waals surface area contributed by atoms with Gasteiger partial charge in [-0.1, -0.05) is 19.8 Å². The molecule has 3 atom stereocenters. The molecular weight excluding hydrogens is 433 g/mol. The fourth-order valence-electron chi connectivity index (χ4n) is 4.45. The maximum absolute atomic E-state index is 12.1. The quantitative estimate of drug-likeness (QED) is 0.358. The maximum atomic E-state index is 12.1. The van der Waals surface area contributed by atoms with E-state index in [0.717, 1.165) is 37.0 Å². The van der Waals surface area contributed by atoms with Crippen LogP contribution in [-0.2, 0) is 10.8 Å². The van der Waals surface area contributed by atoms with Gasteiger partial charge in [0.05, 0.1) is 0 Å². The third-order valence-corrected chi connectivity index (χ3v) is 7.99. The average Bonchev–Trinajstić information content (AvgIpc) is 3.37. The van der Waals surface area contributed by atoms with Crippen LogP contribution >= 0.6 is 24.0 Å². The van der Waals surface area contributed by atoms with E-state index in [9.17, 15) is 4.21 Å². The summed E-state index contributed by atoms with van der Waals surface area (Å²) in [6, 6.07) is 0.425. The number of rotatable bonds is 6. The van der Waals surface area contributed by atoms with Crippen LogP contribution in [0.2, 0.25) is 0 Å². The lowest BCUT2D eigenvalue weighted by atomic mass is 9.65. The van der Waals surface area contributed by atoms with Gasteiger partial charge in [0.15, 0.2) is 5.96 Å². The van der Waals surface area contributed by atoms with Gasteiger partial charge in [0.2, 0.25) is 0 Å². The fourth-order valence-corrected chi connectivity index (χ4v) is 5.80. The number of nitrogens with zero attached hydrogens (tertiary/aromatic N) is 1. The highest BCUT2D eigenvalue weighted by atomic mass is 127. The molecule has 0 radical (unpaired) electrons. The third-order valence-electron chi connectivity index (χ3n) is 6.25. The van der Waals surface area contributed by atoms with Gasteiger partial charge in [-0.3, -0.25) is 9.20 Å². The van der Waals surface area contributed by atoms with Gasteiger partial charge in [0.1, 0.15) is 0 Å². The summed E-state index contributed by atoms with van der Waals surface area (Å²) in [5.41, 5.74) is 0.566. The molecule has 140 valence electrons. The van der Waals surface area contributed by atoms with Gasteiger partial charge in [-0.05, 0) is 56.3 Å². The van der Waals surface area contributed by atoms with E-state index in [1.165, 1.54) is 44.9 Å². The largest absolute Gasteiger partial charge is 0.356 e. The summed E-state index contributed by atoms with van der Waals surface area (Å²) in [7, 11) is 1.21. The molecule has 0 amide bonds. The number of hydrogen-bond acceptors (Lipinski definition) is 2. The van der Waals surface area contributed by atoms with E-state index in [1.54, 1.807) is 0 Å². The summed E-state index contributed by atoms with van der Waals surface area (Å²) in [4.78, 5) is 4.43. The van der Waals surface area contributed by atoms with Crippen molar-refractivity contribution in [1.82, 2.24) is 10.6 Å². The van der Waals surface area contributed by atoms with E-state index < -0.39 is 10.8 Å². The molecule has 3 aliphatic rings. The molecule has 0 aromatic heterocycles. The standard InChI is InChI=1S/C18H33N3OS.HI/c1-3-23(22)16-7-4-6-15(12-16)21-17(19-2)20-13-18(10-5-11-18)14-8-9-14;/h14-16H,3-13H2,1-2H3,(H2,19,20,21);1H. The van der Waals surface area contributed by atoms with Crippen LogP contribution in [-0.4, -0.2) is 40.8 Å². The lowest BCUT2D eigenvalue weighted by Gasteiger charge is -2.43. The second kappa shape index (κ2) is 9.19. The van der Waals surface area contributed by atoms with Crippen molar-refractivity contribution >= 4 is 40.7 Å². The molecule has 4 nitrogen and oxygen atoms in total. The first-order valence-electron chi connectivity index (χ1n) is 9.51. The van der Waals surface area contributed by atoms with E-state index in [4.69, 9.17) is 0 Å². The molecule has 3 saturated carbocycles. The zero-order valence-corrected chi connectivity index (χ0v) is 18.3. The molecule has 0 aliphatic heterocycles. The Morgan fingerprint density at radius 2 is 1.96 bits per heavy atom. The van der Waals surface area contributed by atoms with Crippen molar-refractivity contribution in [3.63, 3.8) is 0 Å². The first kappa shape index (κ1) is 20.5. The van der Waals surface area contributed by atoms with Crippen LogP contribution in [0.25, 0.3) is 0 Å². The van der Waals surface area contributed by atoms with Crippen LogP contribution in [0.15, 0.2) is 4.99 Å². The topological polar surface area (TPSA) is 53.5 Å². The van der Waals surface area contributed by atoms with Crippen molar-refractivity contribution in [2.45, 2.75) is 76.0 Å².